The second-order valence-electron chi connectivity index (χ2n) is 4.45. The van der Waals surface area contributed by atoms with Gasteiger partial charge in [0.05, 0.1) is 0 Å². The van der Waals surface area contributed by atoms with E-state index in [0.717, 1.165) is 0 Å². The quantitative estimate of drug-likeness (QED) is 0.642. The maximum Gasteiger partial charge on any atom is 0.328 e. The third-order valence-corrected chi connectivity index (χ3v) is 2.38. The van der Waals surface area contributed by atoms with Gasteiger partial charge in [-0.3, -0.25) is 4.79 Å². The number of benzene rings is 1. The van der Waals surface area contributed by atoms with Crippen molar-refractivity contribution in [2.75, 3.05) is 5.32 Å². The number of amides is 3. The third-order valence-electron chi connectivity index (χ3n) is 2.38. The van der Waals surface area contributed by atoms with Gasteiger partial charge in [0.25, 0.3) is 5.91 Å². The molecule has 0 saturated carbocycles. The summed E-state index contributed by atoms with van der Waals surface area (Å²) in [6.07, 6.45) is 0. The fourth-order valence-electron chi connectivity index (χ4n) is 1.26. The second-order valence-corrected chi connectivity index (χ2v) is 4.45. The molecule has 0 unspecified atom stereocenters. The lowest BCUT2D eigenvalue weighted by molar-refractivity contribution is -0.143. The molecule has 5 N–H and O–H groups in total. The number of hydrogen-bond acceptors (Lipinski definition) is 3. The van der Waals surface area contributed by atoms with E-state index in [1.807, 2.05) is 0 Å². The summed E-state index contributed by atoms with van der Waals surface area (Å²) >= 11 is 0. The van der Waals surface area contributed by atoms with E-state index in [4.69, 9.17) is 10.8 Å². The molecular weight excluding hydrogens is 250 g/mol. The number of anilines is 1. The minimum Gasteiger partial charge on any atom is -0.480 e. The van der Waals surface area contributed by atoms with Gasteiger partial charge >= 0.3 is 12.0 Å². The Morgan fingerprint density at radius 1 is 1.16 bits per heavy atom. The molecule has 0 atom stereocenters. The maximum absolute atomic E-state index is 11.8. The van der Waals surface area contributed by atoms with Gasteiger partial charge in [0.15, 0.2) is 0 Å². The Hall–Kier alpha value is -2.57. The summed E-state index contributed by atoms with van der Waals surface area (Å²) in [6, 6.07) is 5.20. The van der Waals surface area contributed by atoms with Crippen molar-refractivity contribution in [1.29, 1.82) is 0 Å². The Morgan fingerprint density at radius 2 is 1.68 bits per heavy atom. The summed E-state index contributed by atoms with van der Waals surface area (Å²) < 4.78 is 0. The molecule has 102 valence electrons. The average molecular weight is 265 g/mol. The van der Waals surface area contributed by atoms with E-state index in [1.165, 1.54) is 38.1 Å². The van der Waals surface area contributed by atoms with Gasteiger partial charge in [-0.1, -0.05) is 0 Å². The molecule has 0 aliphatic carbocycles. The number of rotatable bonds is 4. The van der Waals surface area contributed by atoms with E-state index in [-0.39, 0.29) is 5.56 Å². The molecule has 3 amide bonds. The van der Waals surface area contributed by atoms with Crippen LogP contribution in [0.15, 0.2) is 24.3 Å². The molecule has 1 aromatic rings. The van der Waals surface area contributed by atoms with Crippen LogP contribution >= 0.6 is 0 Å². The van der Waals surface area contributed by atoms with Crippen LogP contribution in [0.2, 0.25) is 0 Å². The van der Waals surface area contributed by atoms with Gasteiger partial charge in [-0.15, -0.1) is 0 Å². The van der Waals surface area contributed by atoms with Gasteiger partial charge in [-0.05, 0) is 38.1 Å². The molecule has 0 aromatic heterocycles. The predicted molar refractivity (Wildman–Crippen MR) is 68.8 cm³/mol. The van der Waals surface area contributed by atoms with Gasteiger partial charge in [-0.25, -0.2) is 9.59 Å². The molecule has 0 aliphatic heterocycles. The summed E-state index contributed by atoms with van der Waals surface area (Å²) in [5, 5.41) is 13.6. The Kier molecular flexibility index (Phi) is 4.11. The second kappa shape index (κ2) is 5.38. The highest BCUT2D eigenvalue weighted by Gasteiger charge is 2.29. The molecule has 7 heteroatoms. The van der Waals surface area contributed by atoms with Crippen LogP contribution in [0, 0.1) is 0 Å². The first-order valence-electron chi connectivity index (χ1n) is 5.45. The molecule has 1 rings (SSSR count). The molecule has 0 saturated heterocycles. The number of carboxylic acids is 1. The van der Waals surface area contributed by atoms with Gasteiger partial charge in [-0.2, -0.15) is 0 Å². The van der Waals surface area contributed by atoms with Crippen LogP contribution in [0.5, 0.6) is 0 Å². The van der Waals surface area contributed by atoms with Gasteiger partial charge in [0, 0.05) is 11.3 Å². The normalized spacial score (nSPS) is 10.6. The fraction of sp³-hybridized carbons (Fsp3) is 0.250. The highest BCUT2D eigenvalue weighted by Crippen LogP contribution is 2.11. The van der Waals surface area contributed by atoms with Crippen LogP contribution in [0.3, 0.4) is 0 Å². The zero-order valence-electron chi connectivity index (χ0n) is 10.6. The standard InChI is InChI=1S/C12H15N3O4/c1-12(2,10(17)18)15-9(16)7-3-5-8(6-4-7)14-11(13)19/h3-6H,1-2H3,(H,15,16)(H,17,18)(H3,13,14,19). The molecule has 0 aliphatic rings. The Balaban J connectivity index is 2.79. The molecule has 0 radical (unpaired) electrons. The van der Waals surface area contributed by atoms with Crippen LogP contribution in [0.25, 0.3) is 0 Å². The Bertz CT molecular complexity index is 508. The lowest BCUT2D eigenvalue weighted by Crippen LogP contribution is -2.49. The van der Waals surface area contributed by atoms with Gasteiger partial charge in [0.1, 0.15) is 5.54 Å². The number of carbonyl (C=O) groups is 3. The Labute approximate surface area is 109 Å². The molecular formula is C12H15N3O4. The average Bonchev–Trinajstić information content (AvgIpc) is 2.28. The summed E-state index contributed by atoms with van der Waals surface area (Å²) in [5.74, 6) is -1.65. The Morgan fingerprint density at radius 3 is 2.11 bits per heavy atom. The largest absolute Gasteiger partial charge is 0.480 e. The number of urea groups is 1. The topological polar surface area (TPSA) is 122 Å². The zero-order chi connectivity index (χ0) is 14.6. The molecule has 0 heterocycles. The van der Waals surface area contributed by atoms with E-state index in [9.17, 15) is 14.4 Å². The first-order valence-corrected chi connectivity index (χ1v) is 5.45. The van der Waals surface area contributed by atoms with Crippen molar-refractivity contribution >= 4 is 23.6 Å². The number of carboxylic acid groups (broad SMARTS) is 1. The SMILES string of the molecule is CC(C)(NC(=O)c1ccc(NC(N)=O)cc1)C(=O)O. The van der Waals surface area contributed by atoms with Crippen LogP contribution in [-0.4, -0.2) is 28.6 Å². The summed E-state index contributed by atoms with van der Waals surface area (Å²) in [5.41, 5.74) is 4.31. The van der Waals surface area contributed by atoms with Crippen molar-refractivity contribution in [2.24, 2.45) is 5.73 Å². The van der Waals surface area contributed by atoms with E-state index in [1.54, 1.807) is 0 Å². The first-order chi connectivity index (χ1) is 8.72. The van der Waals surface area contributed by atoms with E-state index >= 15 is 0 Å². The number of nitrogens with one attached hydrogen (secondary N) is 2. The van der Waals surface area contributed by atoms with E-state index in [2.05, 4.69) is 10.6 Å². The van der Waals surface area contributed by atoms with Crippen molar-refractivity contribution < 1.29 is 19.5 Å². The molecule has 7 nitrogen and oxygen atoms in total. The highest BCUT2D eigenvalue weighted by atomic mass is 16.4. The third kappa shape index (κ3) is 3.98. The van der Waals surface area contributed by atoms with Crippen molar-refractivity contribution in [3.8, 4) is 0 Å². The summed E-state index contributed by atoms with van der Waals surface area (Å²) in [4.78, 5) is 33.3. The first kappa shape index (κ1) is 14.5. The summed E-state index contributed by atoms with van der Waals surface area (Å²) in [7, 11) is 0. The number of nitrogens with two attached hydrogens (primary N) is 1. The van der Waals surface area contributed by atoms with Gasteiger partial charge < -0.3 is 21.5 Å². The van der Waals surface area contributed by atoms with Crippen molar-refractivity contribution in [3.63, 3.8) is 0 Å². The maximum atomic E-state index is 11.8. The smallest absolute Gasteiger partial charge is 0.328 e. The van der Waals surface area contributed by atoms with Crippen molar-refractivity contribution in [3.05, 3.63) is 29.8 Å². The van der Waals surface area contributed by atoms with Gasteiger partial charge in [0.2, 0.25) is 0 Å². The number of aliphatic carboxylic acids is 1. The lowest BCUT2D eigenvalue weighted by Gasteiger charge is -2.20. The molecule has 0 bridgehead atoms. The van der Waals surface area contributed by atoms with E-state index < -0.39 is 23.4 Å². The lowest BCUT2D eigenvalue weighted by atomic mass is 10.1. The van der Waals surface area contributed by atoms with Crippen LogP contribution in [0.1, 0.15) is 24.2 Å². The minimum absolute atomic E-state index is 0.282. The highest BCUT2D eigenvalue weighted by molar-refractivity contribution is 5.98. The predicted octanol–water partition coefficient (Wildman–Crippen LogP) is 0.770. The van der Waals surface area contributed by atoms with Crippen molar-refractivity contribution in [2.45, 2.75) is 19.4 Å². The number of carbonyl (C=O) groups excluding carboxylic acids is 2. The molecule has 0 fully saturated rings. The monoisotopic (exact) mass is 265 g/mol. The summed E-state index contributed by atoms with van der Waals surface area (Å²) in [6.45, 7) is 2.77. The van der Waals surface area contributed by atoms with E-state index in [0.29, 0.717) is 5.69 Å². The molecule has 0 spiro atoms. The van der Waals surface area contributed by atoms with Crippen LogP contribution in [-0.2, 0) is 4.79 Å². The zero-order valence-corrected chi connectivity index (χ0v) is 10.6. The van der Waals surface area contributed by atoms with Crippen molar-refractivity contribution in [1.82, 2.24) is 5.32 Å². The minimum atomic E-state index is -1.36. The van der Waals surface area contributed by atoms with Crippen LogP contribution in [0.4, 0.5) is 10.5 Å². The molecule has 1 aromatic carbocycles. The number of hydrogen-bond donors (Lipinski definition) is 4. The van der Waals surface area contributed by atoms with Crippen LogP contribution < -0.4 is 16.4 Å². The fourth-order valence-corrected chi connectivity index (χ4v) is 1.26. The number of primary amides is 1. The molecule has 19 heavy (non-hydrogen) atoms.